The van der Waals surface area contributed by atoms with Crippen molar-refractivity contribution in [2.45, 2.75) is 32.6 Å². The molecule has 1 N–H and O–H groups in total. The van der Waals surface area contributed by atoms with E-state index in [4.69, 9.17) is 9.63 Å². The van der Waals surface area contributed by atoms with Gasteiger partial charge in [-0.05, 0) is 24.8 Å². The van der Waals surface area contributed by atoms with Gasteiger partial charge in [-0.25, -0.2) is 0 Å². The fourth-order valence-electron chi connectivity index (χ4n) is 1.75. The highest BCUT2D eigenvalue weighted by Gasteiger charge is 2.07. The van der Waals surface area contributed by atoms with Crippen molar-refractivity contribution >= 4 is 0 Å². The van der Waals surface area contributed by atoms with Crippen molar-refractivity contribution in [3.63, 3.8) is 0 Å². The molecule has 1 aromatic carbocycles. The molecule has 4 nitrogen and oxygen atoms in total. The minimum atomic E-state index is 0.208. The van der Waals surface area contributed by atoms with Gasteiger partial charge in [-0.2, -0.15) is 4.98 Å². The van der Waals surface area contributed by atoms with Crippen LogP contribution in [0.15, 0.2) is 28.8 Å². The summed E-state index contributed by atoms with van der Waals surface area (Å²) in [7, 11) is 0. The van der Waals surface area contributed by atoms with Gasteiger partial charge < -0.3 is 9.63 Å². The number of nitrogens with zero attached hydrogens (tertiary/aromatic N) is 2. The fourth-order valence-corrected chi connectivity index (χ4v) is 1.75. The van der Waals surface area contributed by atoms with Crippen molar-refractivity contribution < 1.29 is 9.63 Å². The van der Waals surface area contributed by atoms with E-state index in [1.807, 2.05) is 12.1 Å². The quantitative estimate of drug-likeness (QED) is 0.796. The Morgan fingerprint density at radius 3 is 2.61 bits per heavy atom. The van der Waals surface area contributed by atoms with Crippen molar-refractivity contribution in [3.8, 4) is 11.4 Å². The molecule has 1 aromatic heterocycles. The molecule has 4 heteroatoms. The molecule has 2 aromatic rings. The summed E-state index contributed by atoms with van der Waals surface area (Å²) in [4.78, 5) is 4.35. The van der Waals surface area contributed by atoms with Gasteiger partial charge in [0.25, 0.3) is 0 Å². The molecule has 0 saturated carbocycles. The summed E-state index contributed by atoms with van der Waals surface area (Å²) in [5.74, 6) is 1.27. The maximum Gasteiger partial charge on any atom is 0.226 e. The van der Waals surface area contributed by atoms with Crippen molar-refractivity contribution in [3.05, 3.63) is 35.7 Å². The lowest BCUT2D eigenvalue weighted by molar-refractivity contribution is 0.281. The first kappa shape index (κ1) is 12.8. The molecule has 0 fully saturated rings. The van der Waals surface area contributed by atoms with Crippen molar-refractivity contribution in [1.29, 1.82) is 0 Å². The summed E-state index contributed by atoms with van der Waals surface area (Å²) in [6, 6.07) is 8.19. The smallest absolute Gasteiger partial charge is 0.226 e. The van der Waals surface area contributed by atoms with E-state index in [1.165, 1.54) is 5.56 Å². The zero-order valence-electron chi connectivity index (χ0n) is 10.6. The highest BCUT2D eigenvalue weighted by Crippen LogP contribution is 2.17. The lowest BCUT2D eigenvalue weighted by Crippen LogP contribution is -1.89. The number of benzene rings is 1. The first-order chi connectivity index (χ1) is 8.83. The predicted molar refractivity (Wildman–Crippen MR) is 69.1 cm³/mol. The number of rotatable bonds is 6. The van der Waals surface area contributed by atoms with E-state index in [1.54, 1.807) is 0 Å². The molecule has 0 unspecified atom stereocenters. The van der Waals surface area contributed by atoms with Crippen LogP contribution in [0, 0.1) is 0 Å². The van der Waals surface area contributed by atoms with E-state index < -0.39 is 0 Å². The van der Waals surface area contributed by atoms with Crippen molar-refractivity contribution in [2.75, 3.05) is 6.61 Å². The highest BCUT2D eigenvalue weighted by molar-refractivity contribution is 5.54. The molecule has 2 rings (SSSR count). The van der Waals surface area contributed by atoms with Gasteiger partial charge in [-0.15, -0.1) is 0 Å². The van der Waals surface area contributed by atoms with Gasteiger partial charge in [0.15, 0.2) is 0 Å². The summed E-state index contributed by atoms with van der Waals surface area (Å²) in [5.41, 5.74) is 2.27. The Hall–Kier alpha value is -1.68. The minimum absolute atomic E-state index is 0.208. The summed E-state index contributed by atoms with van der Waals surface area (Å²) in [6.07, 6.45) is 3.38. The van der Waals surface area contributed by atoms with Crippen LogP contribution in [0.3, 0.4) is 0 Å². The van der Waals surface area contributed by atoms with Gasteiger partial charge in [0.1, 0.15) is 0 Å². The molecule has 0 atom stereocenters. The Labute approximate surface area is 107 Å². The molecule has 0 amide bonds. The van der Waals surface area contributed by atoms with Crippen molar-refractivity contribution in [2.24, 2.45) is 0 Å². The second-order valence-electron chi connectivity index (χ2n) is 4.24. The summed E-state index contributed by atoms with van der Waals surface area (Å²) in [6.45, 7) is 2.34. The third-order valence-electron chi connectivity index (χ3n) is 2.89. The largest absolute Gasteiger partial charge is 0.396 e. The Morgan fingerprint density at radius 1 is 1.17 bits per heavy atom. The van der Waals surface area contributed by atoms with Crippen LogP contribution in [0.25, 0.3) is 11.4 Å². The average Bonchev–Trinajstić information content (AvgIpc) is 2.88. The van der Waals surface area contributed by atoms with Crippen LogP contribution in [-0.4, -0.2) is 21.9 Å². The second kappa shape index (κ2) is 6.31. The van der Waals surface area contributed by atoms with E-state index in [0.29, 0.717) is 11.7 Å². The average molecular weight is 246 g/mol. The van der Waals surface area contributed by atoms with Gasteiger partial charge >= 0.3 is 0 Å². The molecule has 1 heterocycles. The maximum absolute atomic E-state index is 8.71. The number of aryl methyl sites for hydroxylation is 2. The van der Waals surface area contributed by atoms with Crippen LogP contribution in [0.2, 0.25) is 0 Å². The Balaban J connectivity index is 2.04. The Kier molecular flexibility index (Phi) is 4.47. The molecule has 0 aliphatic heterocycles. The van der Waals surface area contributed by atoms with Crippen LogP contribution in [0.4, 0.5) is 0 Å². The lowest BCUT2D eigenvalue weighted by Gasteiger charge is -1.97. The van der Waals surface area contributed by atoms with Crippen LogP contribution in [0.5, 0.6) is 0 Å². The van der Waals surface area contributed by atoms with Gasteiger partial charge in [0, 0.05) is 18.6 Å². The molecule has 0 spiro atoms. The molecule has 0 aliphatic carbocycles. The molecular weight excluding hydrogens is 228 g/mol. The number of hydrogen-bond acceptors (Lipinski definition) is 4. The number of aliphatic hydroxyl groups excluding tert-OH is 1. The first-order valence-electron chi connectivity index (χ1n) is 6.36. The molecular formula is C14H18N2O2. The topological polar surface area (TPSA) is 59.2 Å². The summed E-state index contributed by atoms with van der Waals surface area (Å²) in [5, 5.41) is 12.7. The zero-order chi connectivity index (χ0) is 12.8. The number of unbranched alkanes of at least 4 members (excludes halogenated alkanes) is 1. The third-order valence-corrected chi connectivity index (χ3v) is 2.89. The van der Waals surface area contributed by atoms with Crippen molar-refractivity contribution in [1.82, 2.24) is 10.1 Å². The van der Waals surface area contributed by atoms with Gasteiger partial charge in [0.05, 0.1) is 0 Å². The van der Waals surface area contributed by atoms with Gasteiger partial charge in [-0.1, -0.05) is 36.3 Å². The minimum Gasteiger partial charge on any atom is -0.396 e. The van der Waals surface area contributed by atoms with E-state index >= 15 is 0 Å². The Bertz CT molecular complexity index is 477. The molecule has 0 bridgehead atoms. The van der Waals surface area contributed by atoms with E-state index in [-0.39, 0.29) is 6.61 Å². The SMILES string of the molecule is CCc1ccc(-c2noc(CCCCO)n2)cc1. The summed E-state index contributed by atoms with van der Waals surface area (Å²) < 4.78 is 5.18. The van der Waals surface area contributed by atoms with Gasteiger partial charge in [0.2, 0.25) is 11.7 Å². The molecule has 0 saturated heterocycles. The third kappa shape index (κ3) is 3.17. The van der Waals surface area contributed by atoms with Crippen LogP contribution < -0.4 is 0 Å². The number of aliphatic hydroxyl groups is 1. The number of aromatic nitrogens is 2. The predicted octanol–water partition coefficient (Wildman–Crippen LogP) is 2.61. The number of hydrogen-bond donors (Lipinski definition) is 1. The fraction of sp³-hybridized carbons (Fsp3) is 0.429. The zero-order valence-corrected chi connectivity index (χ0v) is 10.6. The van der Waals surface area contributed by atoms with Gasteiger partial charge in [-0.3, -0.25) is 0 Å². The van der Waals surface area contributed by atoms with E-state index in [2.05, 4.69) is 29.2 Å². The van der Waals surface area contributed by atoms with Crippen LogP contribution in [-0.2, 0) is 12.8 Å². The monoisotopic (exact) mass is 246 g/mol. The molecule has 18 heavy (non-hydrogen) atoms. The first-order valence-corrected chi connectivity index (χ1v) is 6.36. The highest BCUT2D eigenvalue weighted by atomic mass is 16.5. The summed E-state index contributed by atoms with van der Waals surface area (Å²) >= 11 is 0. The second-order valence-corrected chi connectivity index (χ2v) is 4.24. The lowest BCUT2D eigenvalue weighted by atomic mass is 10.1. The van der Waals surface area contributed by atoms with Crippen LogP contribution >= 0.6 is 0 Å². The normalized spacial score (nSPS) is 10.8. The van der Waals surface area contributed by atoms with E-state index in [9.17, 15) is 0 Å². The van der Waals surface area contributed by atoms with Crippen LogP contribution in [0.1, 0.15) is 31.2 Å². The molecule has 0 aliphatic rings. The Morgan fingerprint density at radius 2 is 1.94 bits per heavy atom. The molecule has 96 valence electrons. The molecule has 0 radical (unpaired) electrons. The van der Waals surface area contributed by atoms with E-state index in [0.717, 1.165) is 31.2 Å². The maximum atomic E-state index is 8.71. The standard InChI is InChI=1S/C14H18N2O2/c1-2-11-6-8-12(9-7-11)14-15-13(18-16-14)5-3-4-10-17/h6-9,17H,2-5,10H2,1H3.